The molecule has 0 bridgehead atoms. The molecule has 1 N–H and O–H groups in total. The van der Waals surface area contributed by atoms with Gasteiger partial charge in [0.1, 0.15) is 10.9 Å². The van der Waals surface area contributed by atoms with Gasteiger partial charge in [0.25, 0.3) is 5.91 Å². The Labute approximate surface area is 157 Å². The Morgan fingerprint density at radius 3 is 2.72 bits per heavy atom. The first-order valence-corrected chi connectivity index (χ1v) is 8.47. The van der Waals surface area contributed by atoms with Crippen LogP contribution in [0.3, 0.4) is 0 Å². The van der Waals surface area contributed by atoms with Gasteiger partial charge < -0.3 is 4.74 Å². The van der Waals surface area contributed by atoms with Crippen molar-refractivity contribution in [1.29, 1.82) is 0 Å². The van der Waals surface area contributed by atoms with Gasteiger partial charge in [-0.15, -0.1) is 0 Å². The molecule has 1 heterocycles. The number of hydrazone groups is 1. The average molecular weight is 419 g/mol. The predicted molar refractivity (Wildman–Crippen MR) is 103 cm³/mol. The van der Waals surface area contributed by atoms with Crippen molar-refractivity contribution in [3.63, 3.8) is 0 Å². The van der Waals surface area contributed by atoms with E-state index in [-0.39, 0.29) is 5.91 Å². The first kappa shape index (κ1) is 17.4. The molecule has 0 spiro atoms. The molecule has 2 aromatic carbocycles. The SMILES string of the molecule is COc1ccc2nc(Cl)c(C=NNC(=O)c3ccc(Br)cc3)cc2c1. The van der Waals surface area contributed by atoms with Crippen LogP contribution in [-0.2, 0) is 0 Å². The lowest BCUT2D eigenvalue weighted by molar-refractivity contribution is 0.0955. The molecular weight excluding hydrogens is 406 g/mol. The Balaban J connectivity index is 1.79. The standard InChI is InChI=1S/C18H13BrClN3O2/c1-25-15-6-7-16-12(9-15)8-13(17(20)22-16)10-21-23-18(24)11-2-4-14(19)5-3-11/h2-10H,1H3,(H,23,24). The molecule has 0 radical (unpaired) electrons. The number of hydrogen-bond donors (Lipinski definition) is 1. The molecule has 3 aromatic rings. The minimum atomic E-state index is -0.310. The summed E-state index contributed by atoms with van der Waals surface area (Å²) in [5.41, 5.74) is 4.32. The molecule has 3 rings (SSSR count). The zero-order valence-electron chi connectivity index (χ0n) is 13.2. The van der Waals surface area contributed by atoms with Crippen LogP contribution in [0.15, 0.2) is 58.1 Å². The van der Waals surface area contributed by atoms with Crippen LogP contribution in [0.4, 0.5) is 0 Å². The third-order valence-corrected chi connectivity index (χ3v) is 4.31. The van der Waals surface area contributed by atoms with E-state index < -0.39 is 0 Å². The van der Waals surface area contributed by atoms with Gasteiger partial charge in [0.05, 0.1) is 18.8 Å². The highest BCUT2D eigenvalue weighted by molar-refractivity contribution is 9.10. The van der Waals surface area contributed by atoms with Crippen molar-refractivity contribution in [2.75, 3.05) is 7.11 Å². The van der Waals surface area contributed by atoms with E-state index in [2.05, 4.69) is 31.4 Å². The molecule has 1 aromatic heterocycles. The van der Waals surface area contributed by atoms with Gasteiger partial charge in [0.15, 0.2) is 0 Å². The Kier molecular flexibility index (Phi) is 5.31. The summed E-state index contributed by atoms with van der Waals surface area (Å²) >= 11 is 9.50. The maximum absolute atomic E-state index is 12.0. The van der Waals surface area contributed by atoms with Crippen molar-refractivity contribution in [2.45, 2.75) is 0 Å². The molecular formula is C18H13BrClN3O2. The lowest BCUT2D eigenvalue weighted by atomic mass is 10.1. The van der Waals surface area contributed by atoms with Gasteiger partial charge in [-0.2, -0.15) is 5.10 Å². The number of halogens is 2. The second-order valence-electron chi connectivity index (χ2n) is 5.13. The molecule has 25 heavy (non-hydrogen) atoms. The van der Waals surface area contributed by atoms with Crippen LogP contribution in [0.5, 0.6) is 5.75 Å². The number of carbonyl (C=O) groups excluding carboxylic acids is 1. The largest absolute Gasteiger partial charge is 0.497 e. The summed E-state index contributed by atoms with van der Waals surface area (Å²) < 4.78 is 6.11. The van der Waals surface area contributed by atoms with Crippen LogP contribution < -0.4 is 10.2 Å². The molecule has 0 fully saturated rings. The van der Waals surface area contributed by atoms with Crippen LogP contribution in [0.25, 0.3) is 10.9 Å². The van der Waals surface area contributed by atoms with Gasteiger partial charge in [-0.1, -0.05) is 27.5 Å². The second kappa shape index (κ2) is 7.63. The predicted octanol–water partition coefficient (Wildman–Crippen LogP) is 4.42. The average Bonchev–Trinajstić information content (AvgIpc) is 2.62. The maximum Gasteiger partial charge on any atom is 0.271 e. The van der Waals surface area contributed by atoms with Crippen molar-refractivity contribution in [3.05, 3.63) is 69.3 Å². The van der Waals surface area contributed by atoms with Gasteiger partial charge in [0, 0.05) is 21.0 Å². The van der Waals surface area contributed by atoms with Crippen LogP contribution in [-0.4, -0.2) is 24.2 Å². The third-order valence-electron chi connectivity index (χ3n) is 3.48. The van der Waals surface area contributed by atoms with E-state index in [0.717, 1.165) is 21.1 Å². The molecule has 0 saturated heterocycles. The number of benzene rings is 2. The van der Waals surface area contributed by atoms with E-state index in [4.69, 9.17) is 16.3 Å². The minimum absolute atomic E-state index is 0.305. The number of methoxy groups -OCH3 is 1. The monoisotopic (exact) mass is 417 g/mol. The van der Waals surface area contributed by atoms with Crippen molar-refractivity contribution < 1.29 is 9.53 Å². The fourth-order valence-electron chi connectivity index (χ4n) is 2.19. The van der Waals surface area contributed by atoms with Crippen molar-refractivity contribution >= 4 is 50.6 Å². The van der Waals surface area contributed by atoms with E-state index in [1.54, 1.807) is 31.4 Å². The van der Waals surface area contributed by atoms with Gasteiger partial charge in [-0.3, -0.25) is 4.79 Å². The quantitative estimate of drug-likeness (QED) is 0.387. The second-order valence-corrected chi connectivity index (χ2v) is 6.41. The molecule has 0 aliphatic carbocycles. The molecule has 0 saturated carbocycles. The Morgan fingerprint density at radius 2 is 2.00 bits per heavy atom. The Bertz CT molecular complexity index is 958. The number of hydrogen-bond acceptors (Lipinski definition) is 4. The first-order valence-electron chi connectivity index (χ1n) is 7.30. The molecule has 0 atom stereocenters. The normalized spacial score (nSPS) is 11.0. The van der Waals surface area contributed by atoms with Crippen LogP contribution in [0.2, 0.25) is 5.15 Å². The van der Waals surface area contributed by atoms with Crippen molar-refractivity contribution in [1.82, 2.24) is 10.4 Å². The number of carbonyl (C=O) groups is 1. The molecule has 1 amide bonds. The van der Waals surface area contributed by atoms with E-state index in [1.807, 2.05) is 24.3 Å². The van der Waals surface area contributed by atoms with E-state index >= 15 is 0 Å². The molecule has 5 nitrogen and oxygen atoms in total. The number of fused-ring (bicyclic) bond motifs is 1. The minimum Gasteiger partial charge on any atom is -0.497 e. The van der Waals surface area contributed by atoms with Gasteiger partial charge in [-0.05, 0) is 48.5 Å². The number of ether oxygens (including phenoxy) is 1. The lowest BCUT2D eigenvalue weighted by Crippen LogP contribution is -2.17. The number of aromatic nitrogens is 1. The fraction of sp³-hybridized carbons (Fsp3) is 0.0556. The smallest absolute Gasteiger partial charge is 0.271 e. The number of nitrogens with zero attached hydrogens (tertiary/aromatic N) is 2. The highest BCUT2D eigenvalue weighted by atomic mass is 79.9. The van der Waals surface area contributed by atoms with Crippen LogP contribution >= 0.6 is 27.5 Å². The third kappa shape index (κ3) is 4.15. The number of amides is 1. The highest BCUT2D eigenvalue weighted by Crippen LogP contribution is 2.23. The summed E-state index contributed by atoms with van der Waals surface area (Å²) in [5.74, 6) is 0.415. The van der Waals surface area contributed by atoms with Gasteiger partial charge >= 0.3 is 0 Å². The maximum atomic E-state index is 12.0. The molecule has 0 aliphatic heterocycles. The molecule has 7 heteroatoms. The summed E-state index contributed by atoms with van der Waals surface area (Å²) in [6, 6.07) is 14.3. The van der Waals surface area contributed by atoms with Crippen molar-refractivity contribution in [3.8, 4) is 5.75 Å². The van der Waals surface area contributed by atoms with Crippen molar-refractivity contribution in [2.24, 2.45) is 5.10 Å². The summed E-state index contributed by atoms with van der Waals surface area (Å²) in [4.78, 5) is 16.3. The first-order chi connectivity index (χ1) is 12.1. The zero-order chi connectivity index (χ0) is 17.8. The topological polar surface area (TPSA) is 63.6 Å². The fourth-order valence-corrected chi connectivity index (χ4v) is 2.65. The Hall–Kier alpha value is -2.44. The van der Waals surface area contributed by atoms with E-state index in [9.17, 15) is 4.79 Å². The molecule has 0 unspecified atom stereocenters. The van der Waals surface area contributed by atoms with Crippen LogP contribution in [0.1, 0.15) is 15.9 Å². The van der Waals surface area contributed by atoms with Crippen LogP contribution in [0, 0.1) is 0 Å². The summed E-state index contributed by atoms with van der Waals surface area (Å²) in [6.07, 6.45) is 1.46. The highest BCUT2D eigenvalue weighted by Gasteiger charge is 2.06. The van der Waals surface area contributed by atoms with Gasteiger partial charge in [0.2, 0.25) is 0 Å². The van der Waals surface area contributed by atoms with E-state index in [0.29, 0.717) is 16.3 Å². The number of rotatable bonds is 4. The Morgan fingerprint density at radius 1 is 1.24 bits per heavy atom. The van der Waals surface area contributed by atoms with E-state index in [1.165, 1.54) is 6.21 Å². The summed E-state index contributed by atoms with van der Waals surface area (Å²) in [5, 5.41) is 5.13. The number of nitrogens with one attached hydrogen (secondary N) is 1. The number of pyridine rings is 1. The summed E-state index contributed by atoms with van der Waals surface area (Å²) in [7, 11) is 1.60. The van der Waals surface area contributed by atoms with Gasteiger partial charge in [-0.25, -0.2) is 10.4 Å². The molecule has 0 aliphatic rings. The molecule has 126 valence electrons. The lowest BCUT2D eigenvalue weighted by Gasteiger charge is -2.05. The summed E-state index contributed by atoms with van der Waals surface area (Å²) in [6.45, 7) is 0. The zero-order valence-corrected chi connectivity index (χ0v) is 15.5.